The van der Waals surface area contributed by atoms with Crippen molar-refractivity contribution in [2.24, 2.45) is 11.8 Å². The maximum atomic E-state index is 12.5. The van der Waals surface area contributed by atoms with E-state index < -0.39 is 6.61 Å². The van der Waals surface area contributed by atoms with Gasteiger partial charge in [0, 0.05) is 11.5 Å². The van der Waals surface area contributed by atoms with Crippen LogP contribution in [0, 0.1) is 11.8 Å². The molecule has 4 nitrogen and oxygen atoms in total. The molecule has 1 aliphatic heterocycles. The summed E-state index contributed by atoms with van der Waals surface area (Å²) in [6, 6.07) is 6.26. The number of para-hydroxylation sites is 1. The van der Waals surface area contributed by atoms with E-state index in [4.69, 9.17) is 0 Å². The Labute approximate surface area is 141 Å². The van der Waals surface area contributed by atoms with Crippen LogP contribution in [0.25, 0.3) is 0 Å². The summed E-state index contributed by atoms with van der Waals surface area (Å²) in [5.41, 5.74) is 0.581. The van der Waals surface area contributed by atoms with Gasteiger partial charge in [0.25, 0.3) is 0 Å². The average Bonchev–Trinajstić information content (AvgIpc) is 2.42. The molecule has 0 aliphatic carbocycles. The SMILES string of the molecule is CCC(NC(=O)C(C)C1CNC1)c1ccccc1OC(F)F.Cl. The summed E-state index contributed by atoms with van der Waals surface area (Å²) in [6.45, 7) is 2.61. The van der Waals surface area contributed by atoms with E-state index >= 15 is 0 Å². The fourth-order valence-electron chi connectivity index (χ4n) is 2.55. The van der Waals surface area contributed by atoms with Gasteiger partial charge >= 0.3 is 6.61 Å². The van der Waals surface area contributed by atoms with Crippen molar-refractivity contribution < 1.29 is 18.3 Å². The molecule has 0 spiro atoms. The normalized spacial score (nSPS) is 16.9. The molecule has 2 rings (SSSR count). The number of alkyl halides is 2. The Kier molecular flexibility index (Phi) is 7.72. The fraction of sp³-hybridized carbons (Fsp3) is 0.562. The van der Waals surface area contributed by atoms with Crippen molar-refractivity contribution in [2.75, 3.05) is 13.1 Å². The summed E-state index contributed by atoms with van der Waals surface area (Å²) >= 11 is 0. The Morgan fingerprint density at radius 2 is 2.04 bits per heavy atom. The molecule has 1 amide bonds. The van der Waals surface area contributed by atoms with Crippen LogP contribution in [0.4, 0.5) is 8.78 Å². The number of carbonyl (C=O) groups is 1. The summed E-state index contributed by atoms with van der Waals surface area (Å²) in [6.07, 6.45) is 0.602. The molecule has 0 saturated carbocycles. The molecular formula is C16H23ClF2N2O2. The van der Waals surface area contributed by atoms with E-state index in [0.717, 1.165) is 13.1 Å². The van der Waals surface area contributed by atoms with Crippen molar-refractivity contribution in [1.29, 1.82) is 0 Å². The minimum absolute atomic E-state index is 0. The first-order chi connectivity index (χ1) is 10.5. The third kappa shape index (κ3) is 5.04. The number of carbonyl (C=O) groups excluding carboxylic acids is 1. The summed E-state index contributed by atoms with van der Waals surface area (Å²) in [7, 11) is 0. The van der Waals surface area contributed by atoms with Crippen LogP contribution in [0.3, 0.4) is 0 Å². The van der Waals surface area contributed by atoms with Crippen molar-refractivity contribution >= 4 is 18.3 Å². The molecule has 1 saturated heterocycles. The van der Waals surface area contributed by atoms with Gasteiger partial charge in [-0.3, -0.25) is 4.79 Å². The smallest absolute Gasteiger partial charge is 0.387 e. The van der Waals surface area contributed by atoms with Gasteiger partial charge < -0.3 is 15.4 Å². The Hall–Kier alpha value is -1.40. The van der Waals surface area contributed by atoms with E-state index in [0.29, 0.717) is 17.9 Å². The highest BCUT2D eigenvalue weighted by molar-refractivity contribution is 5.85. The number of ether oxygens (including phenoxy) is 1. The summed E-state index contributed by atoms with van der Waals surface area (Å²) in [4.78, 5) is 12.3. The number of hydrogen-bond donors (Lipinski definition) is 2. The number of halogens is 3. The summed E-state index contributed by atoms with van der Waals surface area (Å²) in [5.74, 6) is 0.302. The molecule has 0 aromatic heterocycles. The lowest BCUT2D eigenvalue weighted by atomic mass is 9.88. The zero-order chi connectivity index (χ0) is 16.1. The zero-order valence-corrected chi connectivity index (χ0v) is 14.0. The predicted octanol–water partition coefficient (Wildman–Crippen LogP) is 3.13. The minimum atomic E-state index is -2.88. The first kappa shape index (κ1) is 19.6. The van der Waals surface area contributed by atoms with E-state index in [1.807, 2.05) is 13.8 Å². The minimum Gasteiger partial charge on any atom is -0.434 e. The molecule has 130 valence electrons. The molecule has 0 bridgehead atoms. The Balaban J connectivity index is 0.00000264. The van der Waals surface area contributed by atoms with Crippen molar-refractivity contribution in [2.45, 2.75) is 32.9 Å². The molecule has 0 radical (unpaired) electrons. The molecule has 23 heavy (non-hydrogen) atoms. The second kappa shape index (κ2) is 9.03. The summed E-state index contributed by atoms with van der Waals surface area (Å²) in [5, 5.41) is 6.10. The number of benzene rings is 1. The molecule has 1 aliphatic rings. The van der Waals surface area contributed by atoms with Gasteiger partial charge in [0.2, 0.25) is 5.91 Å². The molecule has 2 unspecified atom stereocenters. The molecular weight excluding hydrogens is 326 g/mol. The number of nitrogens with one attached hydrogen (secondary N) is 2. The largest absolute Gasteiger partial charge is 0.434 e. The van der Waals surface area contributed by atoms with Gasteiger partial charge in [-0.05, 0) is 31.5 Å². The quantitative estimate of drug-likeness (QED) is 0.796. The van der Waals surface area contributed by atoms with E-state index in [1.54, 1.807) is 18.2 Å². The molecule has 2 N–H and O–H groups in total. The van der Waals surface area contributed by atoms with Crippen molar-refractivity contribution in [1.82, 2.24) is 10.6 Å². The van der Waals surface area contributed by atoms with Gasteiger partial charge in [0.1, 0.15) is 5.75 Å². The van der Waals surface area contributed by atoms with Crippen LogP contribution in [0.15, 0.2) is 24.3 Å². The third-order valence-electron chi connectivity index (χ3n) is 4.17. The van der Waals surface area contributed by atoms with Crippen molar-refractivity contribution in [3.05, 3.63) is 29.8 Å². The van der Waals surface area contributed by atoms with Crippen molar-refractivity contribution in [3.63, 3.8) is 0 Å². The number of hydrogen-bond acceptors (Lipinski definition) is 3. The van der Waals surface area contributed by atoms with E-state index in [-0.39, 0.29) is 36.0 Å². The topological polar surface area (TPSA) is 50.4 Å². The molecule has 1 fully saturated rings. The Morgan fingerprint density at radius 1 is 1.39 bits per heavy atom. The monoisotopic (exact) mass is 348 g/mol. The first-order valence-electron chi connectivity index (χ1n) is 7.57. The highest BCUT2D eigenvalue weighted by Gasteiger charge is 2.30. The van der Waals surface area contributed by atoms with Crippen LogP contribution in [0.5, 0.6) is 5.75 Å². The van der Waals surface area contributed by atoms with Gasteiger partial charge in [-0.25, -0.2) is 0 Å². The van der Waals surface area contributed by atoms with Crippen LogP contribution in [-0.4, -0.2) is 25.6 Å². The van der Waals surface area contributed by atoms with Crippen LogP contribution in [0.2, 0.25) is 0 Å². The van der Waals surface area contributed by atoms with Gasteiger partial charge in [0.15, 0.2) is 0 Å². The van der Waals surface area contributed by atoms with Gasteiger partial charge in [-0.1, -0.05) is 32.0 Å². The number of rotatable bonds is 7. The third-order valence-corrected chi connectivity index (χ3v) is 4.17. The Morgan fingerprint density at radius 3 is 2.57 bits per heavy atom. The van der Waals surface area contributed by atoms with E-state index in [1.165, 1.54) is 6.07 Å². The van der Waals surface area contributed by atoms with Crippen LogP contribution in [0.1, 0.15) is 31.9 Å². The first-order valence-corrected chi connectivity index (χ1v) is 7.57. The van der Waals surface area contributed by atoms with Crippen LogP contribution < -0.4 is 15.4 Å². The van der Waals surface area contributed by atoms with E-state index in [2.05, 4.69) is 15.4 Å². The molecule has 1 aromatic carbocycles. The summed E-state index contributed by atoms with van der Waals surface area (Å²) < 4.78 is 29.6. The second-order valence-electron chi connectivity index (χ2n) is 5.59. The predicted molar refractivity (Wildman–Crippen MR) is 87.0 cm³/mol. The average molecular weight is 349 g/mol. The lowest BCUT2D eigenvalue weighted by Crippen LogP contribution is -2.50. The van der Waals surface area contributed by atoms with Crippen molar-refractivity contribution in [3.8, 4) is 5.75 Å². The fourth-order valence-corrected chi connectivity index (χ4v) is 2.55. The number of amides is 1. The van der Waals surface area contributed by atoms with Gasteiger partial charge in [0.05, 0.1) is 6.04 Å². The van der Waals surface area contributed by atoms with Gasteiger partial charge in [-0.2, -0.15) is 8.78 Å². The van der Waals surface area contributed by atoms with Crippen LogP contribution in [-0.2, 0) is 4.79 Å². The molecule has 1 heterocycles. The van der Waals surface area contributed by atoms with Crippen LogP contribution >= 0.6 is 12.4 Å². The van der Waals surface area contributed by atoms with E-state index in [9.17, 15) is 13.6 Å². The van der Waals surface area contributed by atoms with Gasteiger partial charge in [-0.15, -0.1) is 12.4 Å². The second-order valence-corrected chi connectivity index (χ2v) is 5.59. The lowest BCUT2D eigenvalue weighted by molar-refractivity contribution is -0.127. The maximum Gasteiger partial charge on any atom is 0.387 e. The molecule has 7 heteroatoms. The lowest BCUT2D eigenvalue weighted by Gasteiger charge is -2.33. The highest BCUT2D eigenvalue weighted by atomic mass is 35.5. The maximum absolute atomic E-state index is 12.5. The zero-order valence-electron chi connectivity index (χ0n) is 13.2. The standard InChI is InChI=1S/C16H22F2N2O2.ClH/c1-3-13(20-15(21)10(2)11-8-19-9-11)12-6-4-5-7-14(12)22-16(17)18;/h4-7,10-11,13,16,19H,3,8-9H2,1-2H3,(H,20,21);1H. The molecule has 1 aromatic rings. The highest BCUT2D eigenvalue weighted by Crippen LogP contribution is 2.29. The Bertz CT molecular complexity index is 513. The molecule has 2 atom stereocenters.